The first-order valence-electron chi connectivity index (χ1n) is 4.32. The molecule has 0 aliphatic carbocycles. The first-order chi connectivity index (χ1) is 6.99. The summed E-state index contributed by atoms with van der Waals surface area (Å²) in [7, 11) is 0. The standard InChI is InChI=1S/C10H10Cl2O3/c1-6(4-10(13)14)15-9-5-7(11)2-3-8(9)12/h2-3,5-6H,4H2,1H3,(H,13,14). The minimum atomic E-state index is -0.916. The van der Waals surface area contributed by atoms with Crippen molar-refractivity contribution in [2.75, 3.05) is 0 Å². The summed E-state index contributed by atoms with van der Waals surface area (Å²) in [6.07, 6.45) is -0.526. The highest BCUT2D eigenvalue weighted by Gasteiger charge is 2.11. The smallest absolute Gasteiger partial charge is 0.307 e. The van der Waals surface area contributed by atoms with Crippen LogP contribution in [0.5, 0.6) is 5.75 Å². The summed E-state index contributed by atoms with van der Waals surface area (Å²) >= 11 is 11.6. The van der Waals surface area contributed by atoms with Crippen molar-refractivity contribution in [3.8, 4) is 5.75 Å². The van der Waals surface area contributed by atoms with Crippen LogP contribution in [0.2, 0.25) is 10.0 Å². The van der Waals surface area contributed by atoms with Gasteiger partial charge in [0.25, 0.3) is 0 Å². The second kappa shape index (κ2) is 5.24. The number of rotatable bonds is 4. The highest BCUT2D eigenvalue weighted by molar-refractivity contribution is 6.34. The number of carboxylic acids is 1. The molecule has 1 aromatic rings. The van der Waals surface area contributed by atoms with Crippen molar-refractivity contribution in [3.05, 3.63) is 28.2 Å². The number of benzene rings is 1. The van der Waals surface area contributed by atoms with Gasteiger partial charge in [-0.25, -0.2) is 0 Å². The number of hydrogen-bond donors (Lipinski definition) is 1. The van der Waals surface area contributed by atoms with Gasteiger partial charge in [-0.15, -0.1) is 0 Å². The Kier molecular flexibility index (Phi) is 4.24. The quantitative estimate of drug-likeness (QED) is 0.890. The van der Waals surface area contributed by atoms with E-state index in [1.807, 2.05) is 0 Å². The summed E-state index contributed by atoms with van der Waals surface area (Å²) in [6.45, 7) is 1.66. The lowest BCUT2D eigenvalue weighted by molar-refractivity contribution is -0.138. The third-order valence-electron chi connectivity index (χ3n) is 1.68. The highest BCUT2D eigenvalue weighted by Crippen LogP contribution is 2.28. The van der Waals surface area contributed by atoms with Crippen LogP contribution in [-0.4, -0.2) is 17.2 Å². The molecule has 0 amide bonds. The molecule has 0 radical (unpaired) electrons. The van der Waals surface area contributed by atoms with E-state index in [-0.39, 0.29) is 6.42 Å². The number of carbonyl (C=O) groups is 1. The normalized spacial score (nSPS) is 12.2. The molecule has 1 rings (SSSR count). The van der Waals surface area contributed by atoms with Crippen LogP contribution in [0.3, 0.4) is 0 Å². The fourth-order valence-corrected chi connectivity index (χ4v) is 1.40. The first-order valence-corrected chi connectivity index (χ1v) is 5.08. The predicted molar refractivity (Wildman–Crippen MR) is 58.8 cm³/mol. The molecule has 0 spiro atoms. The van der Waals surface area contributed by atoms with Gasteiger partial charge in [0, 0.05) is 11.1 Å². The van der Waals surface area contributed by atoms with Gasteiger partial charge in [0.05, 0.1) is 11.4 Å². The zero-order chi connectivity index (χ0) is 11.4. The maximum atomic E-state index is 10.4. The maximum absolute atomic E-state index is 10.4. The summed E-state index contributed by atoms with van der Waals surface area (Å²) < 4.78 is 5.34. The molecular weight excluding hydrogens is 239 g/mol. The molecule has 1 aromatic carbocycles. The summed E-state index contributed by atoms with van der Waals surface area (Å²) in [6, 6.07) is 4.80. The van der Waals surface area contributed by atoms with E-state index < -0.39 is 12.1 Å². The molecule has 0 aliphatic heterocycles. The van der Waals surface area contributed by atoms with Gasteiger partial charge < -0.3 is 9.84 Å². The molecular formula is C10H10Cl2O3. The lowest BCUT2D eigenvalue weighted by atomic mass is 10.3. The largest absolute Gasteiger partial charge is 0.488 e. The Morgan fingerprint density at radius 3 is 2.80 bits per heavy atom. The fourth-order valence-electron chi connectivity index (χ4n) is 1.07. The maximum Gasteiger partial charge on any atom is 0.307 e. The molecule has 0 heterocycles. The monoisotopic (exact) mass is 248 g/mol. The van der Waals surface area contributed by atoms with E-state index in [4.69, 9.17) is 33.0 Å². The lowest BCUT2D eigenvalue weighted by Gasteiger charge is -2.13. The van der Waals surface area contributed by atoms with Crippen LogP contribution in [0, 0.1) is 0 Å². The number of carboxylic acid groups (broad SMARTS) is 1. The lowest BCUT2D eigenvalue weighted by Crippen LogP contribution is -2.16. The summed E-state index contributed by atoms with van der Waals surface area (Å²) in [5, 5.41) is 9.46. The van der Waals surface area contributed by atoms with Crippen molar-refractivity contribution in [2.45, 2.75) is 19.4 Å². The Morgan fingerprint density at radius 1 is 1.53 bits per heavy atom. The SMILES string of the molecule is CC(CC(=O)O)Oc1cc(Cl)ccc1Cl. The molecule has 0 bridgehead atoms. The van der Waals surface area contributed by atoms with Crippen molar-refractivity contribution < 1.29 is 14.6 Å². The Hall–Kier alpha value is -0.930. The third kappa shape index (κ3) is 3.98. The molecule has 0 aliphatic rings. The average molecular weight is 249 g/mol. The van der Waals surface area contributed by atoms with E-state index in [1.165, 1.54) is 0 Å². The van der Waals surface area contributed by atoms with Gasteiger partial charge in [0.15, 0.2) is 0 Å². The Morgan fingerprint density at radius 2 is 2.20 bits per heavy atom. The zero-order valence-corrected chi connectivity index (χ0v) is 9.55. The summed E-state index contributed by atoms with van der Waals surface area (Å²) in [5.41, 5.74) is 0. The molecule has 5 heteroatoms. The van der Waals surface area contributed by atoms with Crippen LogP contribution in [0.1, 0.15) is 13.3 Å². The Bertz CT molecular complexity index is 366. The van der Waals surface area contributed by atoms with Crippen LogP contribution in [-0.2, 0) is 4.79 Å². The summed E-state index contributed by atoms with van der Waals surface area (Å²) in [5.74, 6) is -0.515. The molecule has 0 saturated carbocycles. The predicted octanol–water partition coefficient (Wildman–Crippen LogP) is 3.24. The van der Waals surface area contributed by atoms with Gasteiger partial charge >= 0.3 is 5.97 Å². The summed E-state index contributed by atoms with van der Waals surface area (Å²) in [4.78, 5) is 10.4. The van der Waals surface area contributed by atoms with Crippen molar-refractivity contribution in [2.24, 2.45) is 0 Å². The highest BCUT2D eigenvalue weighted by atomic mass is 35.5. The van der Waals surface area contributed by atoms with E-state index in [0.29, 0.717) is 15.8 Å². The Labute approximate surface area is 97.6 Å². The number of hydrogen-bond acceptors (Lipinski definition) is 2. The molecule has 0 saturated heterocycles. The number of ether oxygens (including phenoxy) is 1. The van der Waals surface area contributed by atoms with Gasteiger partial charge in [0.1, 0.15) is 11.9 Å². The minimum absolute atomic E-state index is 0.0805. The van der Waals surface area contributed by atoms with Gasteiger partial charge in [0.2, 0.25) is 0 Å². The molecule has 82 valence electrons. The topological polar surface area (TPSA) is 46.5 Å². The molecule has 0 fully saturated rings. The van der Waals surface area contributed by atoms with E-state index in [1.54, 1.807) is 25.1 Å². The zero-order valence-electron chi connectivity index (χ0n) is 8.04. The van der Waals surface area contributed by atoms with Crippen LogP contribution in [0.15, 0.2) is 18.2 Å². The van der Waals surface area contributed by atoms with E-state index in [0.717, 1.165) is 0 Å². The molecule has 1 unspecified atom stereocenters. The van der Waals surface area contributed by atoms with Gasteiger partial charge in [-0.2, -0.15) is 0 Å². The second-order valence-corrected chi connectivity index (χ2v) is 3.94. The number of aliphatic carboxylic acids is 1. The van der Waals surface area contributed by atoms with Crippen LogP contribution in [0.25, 0.3) is 0 Å². The van der Waals surface area contributed by atoms with Gasteiger partial charge in [-0.3, -0.25) is 4.79 Å². The molecule has 3 nitrogen and oxygen atoms in total. The molecule has 15 heavy (non-hydrogen) atoms. The molecule has 1 atom stereocenters. The van der Waals surface area contributed by atoms with Crippen molar-refractivity contribution in [3.63, 3.8) is 0 Å². The second-order valence-electron chi connectivity index (χ2n) is 3.10. The molecule has 0 aromatic heterocycles. The van der Waals surface area contributed by atoms with E-state index in [2.05, 4.69) is 0 Å². The van der Waals surface area contributed by atoms with Crippen LogP contribution in [0.4, 0.5) is 0 Å². The van der Waals surface area contributed by atoms with E-state index >= 15 is 0 Å². The average Bonchev–Trinajstić information content (AvgIpc) is 2.10. The first kappa shape index (κ1) is 12.1. The number of halogens is 2. The minimum Gasteiger partial charge on any atom is -0.488 e. The van der Waals surface area contributed by atoms with Crippen molar-refractivity contribution in [1.82, 2.24) is 0 Å². The fraction of sp³-hybridized carbons (Fsp3) is 0.300. The van der Waals surface area contributed by atoms with Crippen LogP contribution < -0.4 is 4.74 Å². The molecule has 1 N–H and O–H groups in total. The van der Waals surface area contributed by atoms with Crippen LogP contribution >= 0.6 is 23.2 Å². The third-order valence-corrected chi connectivity index (χ3v) is 2.23. The van der Waals surface area contributed by atoms with Crippen molar-refractivity contribution >= 4 is 29.2 Å². The van der Waals surface area contributed by atoms with Gasteiger partial charge in [-0.1, -0.05) is 23.2 Å². The Balaban J connectivity index is 2.71. The van der Waals surface area contributed by atoms with Crippen molar-refractivity contribution in [1.29, 1.82) is 0 Å². The van der Waals surface area contributed by atoms with Gasteiger partial charge in [-0.05, 0) is 19.1 Å². The van der Waals surface area contributed by atoms with E-state index in [9.17, 15) is 4.79 Å².